The van der Waals surface area contributed by atoms with Crippen LogP contribution in [0.25, 0.3) is 0 Å². The number of hydrogen-bond acceptors (Lipinski definition) is 5. The molecule has 5 nitrogen and oxygen atoms in total. The number of aldehydes is 1. The summed E-state index contributed by atoms with van der Waals surface area (Å²) in [6.45, 7) is 11.9. The number of carbonyl (C=O) groups excluding carboxylic acids is 1. The predicted octanol–water partition coefficient (Wildman–Crippen LogP) is 6.63. The van der Waals surface area contributed by atoms with Crippen LogP contribution in [-0.4, -0.2) is 42.5 Å². The zero-order valence-electron chi connectivity index (χ0n) is 23.1. The molecule has 2 aliphatic heterocycles. The Kier molecular flexibility index (Phi) is 7.75. The Morgan fingerprint density at radius 3 is 2.50 bits per heavy atom. The van der Waals surface area contributed by atoms with E-state index in [4.69, 9.17) is 14.2 Å². The van der Waals surface area contributed by atoms with Crippen molar-refractivity contribution < 1.29 is 19.0 Å². The molecule has 0 aliphatic carbocycles. The standard InChI is InChI=1S/C33H39NO4/c1-23-24(2)32-30(25(3)31(23)37-20-27-9-6-5-7-10-27)16-17-33(4,38-32)22-34-18-8-11-28(34)21-36-29-14-12-26(19-35)13-15-29/h5-7,9-10,12-15,19,28H,8,11,16-18,20-22H2,1-4H3. The molecule has 3 aromatic carbocycles. The van der Waals surface area contributed by atoms with Crippen molar-refractivity contribution >= 4 is 6.29 Å². The molecule has 0 spiro atoms. The summed E-state index contributed by atoms with van der Waals surface area (Å²) in [6, 6.07) is 18.0. The summed E-state index contributed by atoms with van der Waals surface area (Å²) in [4.78, 5) is 13.5. The van der Waals surface area contributed by atoms with Crippen molar-refractivity contribution in [3.63, 3.8) is 0 Å². The molecule has 1 saturated heterocycles. The van der Waals surface area contributed by atoms with E-state index in [2.05, 4.69) is 44.7 Å². The molecule has 0 N–H and O–H groups in total. The van der Waals surface area contributed by atoms with E-state index in [0.717, 1.165) is 61.5 Å². The van der Waals surface area contributed by atoms with Gasteiger partial charge in [0.05, 0.1) is 0 Å². The maximum Gasteiger partial charge on any atom is 0.150 e. The van der Waals surface area contributed by atoms with E-state index in [9.17, 15) is 4.79 Å². The number of carbonyl (C=O) groups is 1. The molecule has 3 aromatic rings. The van der Waals surface area contributed by atoms with Crippen molar-refractivity contribution in [2.45, 2.75) is 71.6 Å². The minimum Gasteiger partial charge on any atom is -0.492 e. The van der Waals surface area contributed by atoms with Crippen LogP contribution in [0.4, 0.5) is 0 Å². The molecule has 0 amide bonds. The molecular weight excluding hydrogens is 474 g/mol. The lowest BCUT2D eigenvalue weighted by molar-refractivity contribution is 0.0146. The number of fused-ring (bicyclic) bond motifs is 1. The molecule has 5 rings (SSSR count). The fourth-order valence-electron chi connectivity index (χ4n) is 5.90. The topological polar surface area (TPSA) is 48.0 Å². The van der Waals surface area contributed by atoms with Gasteiger partial charge in [0.2, 0.25) is 0 Å². The Bertz CT molecular complexity index is 1270. The van der Waals surface area contributed by atoms with Crippen molar-refractivity contribution in [2.75, 3.05) is 19.7 Å². The number of nitrogens with zero attached hydrogens (tertiary/aromatic N) is 1. The van der Waals surface area contributed by atoms with Crippen molar-refractivity contribution in [1.82, 2.24) is 4.90 Å². The molecule has 5 heteroatoms. The van der Waals surface area contributed by atoms with Gasteiger partial charge in [-0.3, -0.25) is 9.69 Å². The van der Waals surface area contributed by atoms with E-state index < -0.39 is 0 Å². The molecule has 2 atom stereocenters. The smallest absolute Gasteiger partial charge is 0.150 e. The van der Waals surface area contributed by atoms with Gasteiger partial charge in [-0.1, -0.05) is 30.3 Å². The Hall–Kier alpha value is -3.31. The lowest BCUT2D eigenvalue weighted by atomic mass is 9.86. The highest BCUT2D eigenvalue weighted by molar-refractivity contribution is 5.74. The normalized spacial score (nSPS) is 21.0. The molecule has 0 aromatic heterocycles. The Morgan fingerprint density at radius 2 is 1.76 bits per heavy atom. The van der Waals surface area contributed by atoms with Crippen LogP contribution in [-0.2, 0) is 13.0 Å². The van der Waals surface area contributed by atoms with Gasteiger partial charge in [-0.05, 0) is 106 Å². The molecular formula is C33H39NO4. The maximum atomic E-state index is 10.9. The number of hydrogen-bond donors (Lipinski definition) is 0. The Morgan fingerprint density at radius 1 is 1.00 bits per heavy atom. The van der Waals surface area contributed by atoms with Gasteiger partial charge in [0.1, 0.15) is 42.3 Å². The molecule has 1 fully saturated rings. The van der Waals surface area contributed by atoms with E-state index in [1.54, 1.807) is 12.1 Å². The van der Waals surface area contributed by atoms with E-state index in [1.165, 1.54) is 28.7 Å². The van der Waals surface area contributed by atoms with Crippen LogP contribution in [0.5, 0.6) is 17.2 Å². The van der Waals surface area contributed by atoms with Gasteiger partial charge in [0.25, 0.3) is 0 Å². The van der Waals surface area contributed by atoms with Gasteiger partial charge in [0, 0.05) is 23.7 Å². The average Bonchev–Trinajstić information content (AvgIpc) is 3.37. The first-order chi connectivity index (χ1) is 18.4. The molecule has 0 bridgehead atoms. The van der Waals surface area contributed by atoms with Gasteiger partial charge in [-0.25, -0.2) is 0 Å². The molecule has 0 saturated carbocycles. The van der Waals surface area contributed by atoms with Crippen LogP contribution in [0.2, 0.25) is 0 Å². The van der Waals surface area contributed by atoms with E-state index in [1.807, 2.05) is 30.3 Å². The third-order valence-electron chi connectivity index (χ3n) is 8.28. The van der Waals surface area contributed by atoms with E-state index >= 15 is 0 Å². The van der Waals surface area contributed by atoms with Crippen molar-refractivity contribution in [3.05, 3.63) is 88.0 Å². The zero-order chi connectivity index (χ0) is 26.7. The third-order valence-corrected chi connectivity index (χ3v) is 8.28. The largest absolute Gasteiger partial charge is 0.492 e. The molecule has 38 heavy (non-hydrogen) atoms. The van der Waals surface area contributed by atoms with Gasteiger partial charge in [-0.2, -0.15) is 0 Å². The molecule has 2 aliphatic rings. The molecule has 2 heterocycles. The molecule has 2 unspecified atom stereocenters. The molecule has 0 radical (unpaired) electrons. The van der Waals surface area contributed by atoms with Crippen molar-refractivity contribution in [1.29, 1.82) is 0 Å². The van der Waals surface area contributed by atoms with Crippen LogP contribution >= 0.6 is 0 Å². The van der Waals surface area contributed by atoms with Gasteiger partial charge >= 0.3 is 0 Å². The highest BCUT2D eigenvalue weighted by Gasteiger charge is 2.39. The Labute approximate surface area is 226 Å². The minimum absolute atomic E-state index is 0.253. The van der Waals surface area contributed by atoms with Gasteiger partial charge < -0.3 is 14.2 Å². The SMILES string of the molecule is Cc1c(C)c2c(c(C)c1OCc1ccccc1)CCC(C)(CN1CCCC1COc1ccc(C=O)cc1)O2. The fraction of sp³-hybridized carbons (Fsp3) is 0.424. The van der Waals surface area contributed by atoms with Crippen LogP contribution in [0, 0.1) is 20.8 Å². The number of rotatable bonds is 9. The second-order valence-corrected chi connectivity index (χ2v) is 11.1. The average molecular weight is 514 g/mol. The first kappa shape index (κ1) is 26.3. The minimum atomic E-state index is -0.253. The molecule has 200 valence electrons. The lowest BCUT2D eigenvalue weighted by Crippen LogP contribution is -2.50. The number of ether oxygens (including phenoxy) is 3. The van der Waals surface area contributed by atoms with Crippen LogP contribution < -0.4 is 14.2 Å². The van der Waals surface area contributed by atoms with Gasteiger partial charge in [-0.15, -0.1) is 0 Å². The summed E-state index contributed by atoms with van der Waals surface area (Å²) in [5, 5.41) is 0. The van der Waals surface area contributed by atoms with Crippen molar-refractivity contribution in [3.8, 4) is 17.2 Å². The first-order valence-corrected chi connectivity index (χ1v) is 13.8. The quantitative estimate of drug-likeness (QED) is 0.301. The number of likely N-dealkylation sites (tertiary alicyclic amines) is 1. The Balaban J connectivity index is 1.26. The van der Waals surface area contributed by atoms with E-state index in [-0.39, 0.29) is 5.60 Å². The zero-order valence-corrected chi connectivity index (χ0v) is 23.1. The fourth-order valence-corrected chi connectivity index (χ4v) is 5.90. The maximum absolute atomic E-state index is 10.9. The summed E-state index contributed by atoms with van der Waals surface area (Å²) in [6.07, 6.45) is 5.11. The monoisotopic (exact) mass is 513 g/mol. The summed E-state index contributed by atoms with van der Waals surface area (Å²) in [5.41, 5.74) is 6.42. The summed E-state index contributed by atoms with van der Waals surface area (Å²) >= 11 is 0. The third kappa shape index (κ3) is 5.58. The van der Waals surface area contributed by atoms with Gasteiger partial charge in [0.15, 0.2) is 0 Å². The van der Waals surface area contributed by atoms with Crippen LogP contribution in [0.1, 0.15) is 64.4 Å². The second kappa shape index (κ2) is 11.2. The van der Waals surface area contributed by atoms with Crippen LogP contribution in [0.15, 0.2) is 54.6 Å². The summed E-state index contributed by atoms with van der Waals surface area (Å²) < 4.78 is 19.3. The summed E-state index contributed by atoms with van der Waals surface area (Å²) in [5.74, 6) is 2.85. The second-order valence-electron chi connectivity index (χ2n) is 11.1. The highest BCUT2D eigenvalue weighted by Crippen LogP contribution is 2.44. The highest BCUT2D eigenvalue weighted by atomic mass is 16.5. The van der Waals surface area contributed by atoms with Crippen LogP contribution in [0.3, 0.4) is 0 Å². The summed E-state index contributed by atoms with van der Waals surface area (Å²) in [7, 11) is 0. The predicted molar refractivity (Wildman–Crippen MR) is 151 cm³/mol. The number of benzene rings is 3. The van der Waals surface area contributed by atoms with Crippen molar-refractivity contribution in [2.24, 2.45) is 0 Å². The first-order valence-electron chi connectivity index (χ1n) is 13.8. The lowest BCUT2D eigenvalue weighted by Gasteiger charge is -2.41. The van der Waals surface area contributed by atoms with E-state index in [0.29, 0.717) is 24.8 Å².